The molecule has 0 spiro atoms. The summed E-state index contributed by atoms with van der Waals surface area (Å²) in [5, 5.41) is 11.2. The summed E-state index contributed by atoms with van der Waals surface area (Å²) in [6.07, 6.45) is 1.75. The lowest BCUT2D eigenvalue weighted by Gasteiger charge is -2.17. The molecule has 1 aromatic heterocycles. The van der Waals surface area contributed by atoms with E-state index in [0.717, 1.165) is 17.7 Å². The first kappa shape index (κ1) is 15.4. The molecule has 1 aliphatic rings. The summed E-state index contributed by atoms with van der Waals surface area (Å²) in [5.41, 5.74) is 0.836. The zero-order valence-corrected chi connectivity index (χ0v) is 12.6. The molecule has 4 nitrogen and oxygen atoms in total. The van der Waals surface area contributed by atoms with E-state index < -0.39 is 23.5 Å². The quantitative estimate of drug-likeness (QED) is 0.917. The Balaban J connectivity index is 1.98. The molecule has 0 saturated heterocycles. The number of benzene rings is 1. The predicted molar refractivity (Wildman–Crippen MR) is 81.0 cm³/mol. The van der Waals surface area contributed by atoms with Gasteiger partial charge in [0.2, 0.25) is 0 Å². The molecule has 2 heterocycles. The number of carbonyl (C=O) groups is 2. The summed E-state index contributed by atoms with van der Waals surface area (Å²) in [6.45, 7) is 0.262. The van der Waals surface area contributed by atoms with Crippen molar-refractivity contribution in [1.29, 1.82) is 0 Å². The Bertz CT molecular complexity index is 828. The molecule has 118 valence electrons. The highest BCUT2D eigenvalue weighted by Gasteiger charge is 2.25. The van der Waals surface area contributed by atoms with Crippen LogP contribution in [0.1, 0.15) is 20.8 Å². The van der Waals surface area contributed by atoms with Gasteiger partial charge in [0.15, 0.2) is 11.6 Å². The second kappa shape index (κ2) is 5.92. The summed E-state index contributed by atoms with van der Waals surface area (Å²) in [4.78, 5) is 25.8. The first-order valence-corrected chi connectivity index (χ1v) is 7.63. The summed E-state index contributed by atoms with van der Waals surface area (Å²) in [7, 11) is 0. The molecule has 1 N–H and O–H groups in total. The number of hydrogen-bond acceptors (Lipinski definition) is 3. The number of carbonyl (C=O) groups excluding carboxylic acids is 1. The number of fused-ring (bicyclic) bond motifs is 1. The van der Waals surface area contributed by atoms with Crippen molar-refractivity contribution in [3.05, 3.63) is 63.5 Å². The lowest BCUT2D eigenvalue weighted by molar-refractivity contribution is -0.130. The molecule has 0 atom stereocenters. The maximum atomic E-state index is 13.3. The van der Waals surface area contributed by atoms with Crippen LogP contribution >= 0.6 is 11.3 Å². The van der Waals surface area contributed by atoms with Gasteiger partial charge in [-0.1, -0.05) is 0 Å². The summed E-state index contributed by atoms with van der Waals surface area (Å²) < 4.78 is 26.3. The van der Waals surface area contributed by atoms with Crippen molar-refractivity contribution in [2.45, 2.75) is 6.42 Å². The van der Waals surface area contributed by atoms with Gasteiger partial charge in [-0.05, 0) is 41.6 Å². The SMILES string of the molecule is O=C(O)C1=CN(C(=O)c2ccc(F)c(F)c2)CCc2ccsc21. The Morgan fingerprint density at radius 3 is 2.65 bits per heavy atom. The largest absolute Gasteiger partial charge is 0.478 e. The number of amides is 1. The van der Waals surface area contributed by atoms with E-state index in [1.165, 1.54) is 28.5 Å². The van der Waals surface area contributed by atoms with Crippen molar-refractivity contribution < 1.29 is 23.5 Å². The zero-order valence-electron chi connectivity index (χ0n) is 11.8. The van der Waals surface area contributed by atoms with Gasteiger partial charge in [0.05, 0.1) is 5.57 Å². The number of carboxylic acid groups (broad SMARTS) is 1. The van der Waals surface area contributed by atoms with Crippen molar-refractivity contribution in [3.8, 4) is 0 Å². The molecule has 23 heavy (non-hydrogen) atoms. The van der Waals surface area contributed by atoms with Gasteiger partial charge in [-0.2, -0.15) is 0 Å². The van der Waals surface area contributed by atoms with Gasteiger partial charge < -0.3 is 10.0 Å². The van der Waals surface area contributed by atoms with Crippen molar-refractivity contribution in [2.75, 3.05) is 6.54 Å². The van der Waals surface area contributed by atoms with Crippen molar-refractivity contribution in [3.63, 3.8) is 0 Å². The van der Waals surface area contributed by atoms with Crippen LogP contribution in [0.3, 0.4) is 0 Å². The minimum absolute atomic E-state index is 0.0171. The highest BCUT2D eigenvalue weighted by atomic mass is 32.1. The molecule has 1 amide bonds. The first-order valence-electron chi connectivity index (χ1n) is 6.75. The molecule has 0 aliphatic carbocycles. The van der Waals surface area contributed by atoms with Crippen LogP contribution in [0.25, 0.3) is 5.57 Å². The molecule has 1 aliphatic heterocycles. The van der Waals surface area contributed by atoms with Crippen LogP contribution in [-0.2, 0) is 11.2 Å². The Labute approximate surface area is 134 Å². The van der Waals surface area contributed by atoms with Gasteiger partial charge in [-0.15, -0.1) is 11.3 Å². The Morgan fingerprint density at radius 2 is 1.96 bits per heavy atom. The lowest BCUT2D eigenvalue weighted by Crippen LogP contribution is -2.28. The topological polar surface area (TPSA) is 57.6 Å². The molecular weight excluding hydrogens is 324 g/mol. The number of halogens is 2. The normalized spacial score (nSPS) is 14.0. The third-order valence-corrected chi connectivity index (χ3v) is 4.55. The van der Waals surface area contributed by atoms with Crippen LogP contribution in [-0.4, -0.2) is 28.4 Å². The standard InChI is InChI=1S/C16H11F2NO3S/c17-12-2-1-10(7-13(12)18)15(20)19-5-3-9-4-6-23-14(9)11(8-19)16(21)22/h1-2,4,6-8H,3,5H2,(H,21,22). The van der Waals surface area contributed by atoms with Gasteiger partial charge in [0, 0.05) is 23.2 Å². The third kappa shape index (κ3) is 2.87. The lowest BCUT2D eigenvalue weighted by atomic mass is 10.1. The van der Waals surface area contributed by atoms with E-state index in [4.69, 9.17) is 0 Å². The van der Waals surface area contributed by atoms with E-state index in [-0.39, 0.29) is 17.7 Å². The highest BCUT2D eigenvalue weighted by molar-refractivity contribution is 7.11. The van der Waals surface area contributed by atoms with E-state index in [9.17, 15) is 23.5 Å². The number of hydrogen-bond donors (Lipinski definition) is 1. The van der Waals surface area contributed by atoms with Crippen LogP contribution in [0, 0.1) is 11.6 Å². The fourth-order valence-electron chi connectivity index (χ4n) is 2.40. The Morgan fingerprint density at radius 1 is 1.17 bits per heavy atom. The van der Waals surface area contributed by atoms with Crippen LogP contribution in [0.4, 0.5) is 8.78 Å². The number of thiophene rings is 1. The minimum Gasteiger partial charge on any atom is -0.478 e. The number of aliphatic carboxylic acids is 1. The molecule has 0 radical (unpaired) electrons. The second-order valence-electron chi connectivity index (χ2n) is 5.00. The number of rotatable bonds is 2. The Kier molecular flexibility index (Phi) is 3.96. The minimum atomic E-state index is -1.14. The zero-order chi connectivity index (χ0) is 16.6. The van der Waals surface area contributed by atoms with E-state index >= 15 is 0 Å². The van der Waals surface area contributed by atoms with Crippen molar-refractivity contribution in [2.24, 2.45) is 0 Å². The van der Waals surface area contributed by atoms with E-state index in [0.29, 0.717) is 11.3 Å². The average Bonchev–Trinajstić information content (AvgIpc) is 2.90. The molecule has 2 aromatic rings. The molecule has 0 fully saturated rings. The van der Waals surface area contributed by atoms with Crippen LogP contribution in [0.5, 0.6) is 0 Å². The van der Waals surface area contributed by atoms with Gasteiger partial charge >= 0.3 is 5.97 Å². The van der Waals surface area contributed by atoms with Crippen LogP contribution in [0.2, 0.25) is 0 Å². The average molecular weight is 335 g/mol. The van der Waals surface area contributed by atoms with E-state index in [1.807, 2.05) is 6.07 Å². The summed E-state index contributed by atoms with van der Waals surface area (Å²) in [6, 6.07) is 4.68. The molecular formula is C16H11F2NO3S. The summed E-state index contributed by atoms with van der Waals surface area (Å²) >= 11 is 1.29. The number of carboxylic acids is 1. The molecule has 0 unspecified atom stereocenters. The number of nitrogens with zero attached hydrogens (tertiary/aromatic N) is 1. The maximum absolute atomic E-state index is 13.3. The third-order valence-electron chi connectivity index (χ3n) is 3.56. The monoisotopic (exact) mass is 335 g/mol. The van der Waals surface area contributed by atoms with E-state index in [1.54, 1.807) is 5.38 Å². The fraction of sp³-hybridized carbons (Fsp3) is 0.125. The highest BCUT2D eigenvalue weighted by Crippen LogP contribution is 2.30. The predicted octanol–water partition coefficient (Wildman–Crippen LogP) is 3.15. The second-order valence-corrected chi connectivity index (χ2v) is 5.92. The first-order chi connectivity index (χ1) is 11.0. The molecule has 3 rings (SSSR count). The summed E-state index contributed by atoms with van der Waals surface area (Å²) in [5.74, 6) is -3.87. The van der Waals surface area contributed by atoms with Gasteiger partial charge in [0.25, 0.3) is 5.91 Å². The molecule has 0 bridgehead atoms. The van der Waals surface area contributed by atoms with Gasteiger partial charge in [-0.3, -0.25) is 4.79 Å². The molecule has 7 heteroatoms. The van der Waals surface area contributed by atoms with E-state index in [2.05, 4.69) is 0 Å². The maximum Gasteiger partial charge on any atom is 0.338 e. The molecule has 0 saturated carbocycles. The van der Waals surface area contributed by atoms with Crippen LogP contribution < -0.4 is 0 Å². The van der Waals surface area contributed by atoms with Crippen molar-refractivity contribution >= 4 is 28.8 Å². The van der Waals surface area contributed by atoms with Gasteiger partial charge in [-0.25, -0.2) is 13.6 Å². The molecule has 1 aromatic carbocycles. The van der Waals surface area contributed by atoms with Crippen molar-refractivity contribution in [1.82, 2.24) is 4.90 Å². The smallest absolute Gasteiger partial charge is 0.338 e. The van der Waals surface area contributed by atoms with Crippen LogP contribution in [0.15, 0.2) is 35.8 Å². The van der Waals surface area contributed by atoms with Gasteiger partial charge in [0.1, 0.15) is 0 Å². The Hall–Kier alpha value is -2.54. The fourth-order valence-corrected chi connectivity index (χ4v) is 3.35.